The van der Waals surface area contributed by atoms with Crippen LogP contribution in [0.3, 0.4) is 0 Å². The first-order valence-electron chi connectivity index (χ1n) is 6.25. The van der Waals surface area contributed by atoms with Crippen LogP contribution in [0.2, 0.25) is 0 Å². The van der Waals surface area contributed by atoms with Gasteiger partial charge in [0, 0.05) is 19.4 Å². The molecule has 1 aliphatic heterocycles. The van der Waals surface area contributed by atoms with E-state index in [2.05, 4.69) is 0 Å². The van der Waals surface area contributed by atoms with Gasteiger partial charge in [-0.05, 0) is 0 Å². The summed E-state index contributed by atoms with van der Waals surface area (Å²) in [6.07, 6.45) is -2.23. The highest BCUT2D eigenvalue weighted by Gasteiger charge is 2.34. The Hall–Kier alpha value is -1.92. The normalized spacial score (nSPS) is 25.8. The molecule has 0 amide bonds. The average molecular weight is 280 g/mol. The number of carbonyl (C=O) groups is 2. The van der Waals surface area contributed by atoms with E-state index in [1.54, 1.807) is 0 Å². The number of benzene rings is 1. The second kappa shape index (κ2) is 6.49. The van der Waals surface area contributed by atoms with Gasteiger partial charge in [0.2, 0.25) is 12.6 Å². The van der Waals surface area contributed by atoms with Gasteiger partial charge in [0.05, 0.1) is 6.42 Å². The number of hydrogen-bond acceptors (Lipinski definition) is 6. The molecule has 2 rings (SSSR count). The maximum atomic E-state index is 11.0. The van der Waals surface area contributed by atoms with Crippen molar-refractivity contribution in [1.29, 1.82) is 0 Å². The Morgan fingerprint density at radius 3 is 1.95 bits per heavy atom. The van der Waals surface area contributed by atoms with Crippen LogP contribution in [0.4, 0.5) is 0 Å². The Morgan fingerprint density at radius 1 is 1.00 bits per heavy atom. The summed E-state index contributed by atoms with van der Waals surface area (Å²) in [7, 11) is 0. The van der Waals surface area contributed by atoms with E-state index < -0.39 is 30.8 Å². The quantitative estimate of drug-likeness (QED) is 0.787. The number of carbonyl (C=O) groups excluding carboxylic acids is 2. The third kappa shape index (κ3) is 4.04. The minimum atomic E-state index is -0.809. The molecule has 0 saturated carbocycles. The maximum absolute atomic E-state index is 11.0. The summed E-state index contributed by atoms with van der Waals surface area (Å²) in [5, 5.41) is 0. The predicted molar refractivity (Wildman–Crippen MR) is 67.1 cm³/mol. The van der Waals surface area contributed by atoms with Gasteiger partial charge in [0.25, 0.3) is 0 Å². The third-order valence-corrected chi connectivity index (χ3v) is 2.60. The van der Waals surface area contributed by atoms with Gasteiger partial charge in [-0.25, -0.2) is 0 Å². The highest BCUT2D eigenvalue weighted by atomic mass is 16.8. The molecule has 1 fully saturated rings. The molecule has 0 N–H and O–H groups in total. The lowest BCUT2D eigenvalue weighted by Gasteiger charge is -2.34. The Kier molecular flexibility index (Phi) is 4.70. The van der Waals surface area contributed by atoms with Crippen LogP contribution in [0.1, 0.15) is 32.1 Å². The lowest BCUT2D eigenvalue weighted by Crippen LogP contribution is -2.38. The molecule has 20 heavy (non-hydrogen) atoms. The summed E-state index contributed by atoms with van der Waals surface area (Å²) in [6.45, 7) is 2.58. The van der Waals surface area contributed by atoms with Crippen molar-refractivity contribution in [3.05, 3.63) is 35.9 Å². The van der Waals surface area contributed by atoms with Crippen molar-refractivity contribution < 1.29 is 28.5 Å². The molecule has 1 aromatic carbocycles. The van der Waals surface area contributed by atoms with Gasteiger partial charge in [-0.2, -0.15) is 0 Å². The summed E-state index contributed by atoms with van der Waals surface area (Å²) in [4.78, 5) is 22.1. The van der Waals surface area contributed by atoms with Crippen molar-refractivity contribution in [2.75, 3.05) is 0 Å². The molecule has 0 spiro atoms. The fourth-order valence-corrected chi connectivity index (χ4v) is 1.87. The first kappa shape index (κ1) is 14.5. The van der Waals surface area contributed by atoms with E-state index in [-0.39, 0.29) is 6.42 Å². The van der Waals surface area contributed by atoms with E-state index in [1.165, 1.54) is 13.8 Å². The molecule has 0 aromatic heterocycles. The third-order valence-electron chi connectivity index (χ3n) is 2.60. The molecular formula is C14H16O6. The molecule has 6 heteroatoms. The van der Waals surface area contributed by atoms with Crippen LogP contribution in [-0.2, 0) is 28.5 Å². The second-order valence-corrected chi connectivity index (χ2v) is 4.33. The predicted octanol–water partition coefficient (Wildman–Crippen LogP) is 1.90. The molecule has 108 valence electrons. The molecule has 0 aliphatic carbocycles. The van der Waals surface area contributed by atoms with Crippen LogP contribution in [0.15, 0.2) is 30.3 Å². The fraction of sp³-hybridized carbons (Fsp3) is 0.429. The molecule has 3 atom stereocenters. The zero-order chi connectivity index (χ0) is 14.5. The molecule has 0 radical (unpaired) electrons. The summed E-state index contributed by atoms with van der Waals surface area (Å²) in [6, 6.07) is 9.15. The van der Waals surface area contributed by atoms with Crippen LogP contribution in [0, 0.1) is 0 Å². The van der Waals surface area contributed by atoms with E-state index in [0.717, 1.165) is 5.56 Å². The van der Waals surface area contributed by atoms with Gasteiger partial charge in [-0.15, -0.1) is 0 Å². The molecule has 0 bridgehead atoms. The van der Waals surface area contributed by atoms with Crippen molar-refractivity contribution in [1.82, 2.24) is 0 Å². The Labute approximate surface area is 116 Å². The monoisotopic (exact) mass is 280 g/mol. The number of rotatable bonds is 3. The SMILES string of the molecule is CC(=O)O[C@H]1C[C@@H](OC(C)=O)OC(c2ccccc2)O1. The van der Waals surface area contributed by atoms with E-state index >= 15 is 0 Å². The zero-order valence-electron chi connectivity index (χ0n) is 11.3. The van der Waals surface area contributed by atoms with Crippen molar-refractivity contribution >= 4 is 11.9 Å². The topological polar surface area (TPSA) is 71.1 Å². The van der Waals surface area contributed by atoms with Crippen LogP contribution in [-0.4, -0.2) is 24.5 Å². The minimum Gasteiger partial charge on any atom is -0.436 e. The standard InChI is InChI=1S/C14H16O6/c1-9(15)17-12-8-13(18-10(2)16)20-14(19-12)11-6-4-3-5-7-11/h3-7,12-14H,8H2,1-2H3/t12-,13+,14?. The van der Waals surface area contributed by atoms with Crippen molar-refractivity contribution in [3.63, 3.8) is 0 Å². The largest absolute Gasteiger partial charge is 0.436 e. The van der Waals surface area contributed by atoms with Gasteiger partial charge < -0.3 is 18.9 Å². The fourth-order valence-electron chi connectivity index (χ4n) is 1.87. The maximum Gasteiger partial charge on any atom is 0.304 e. The molecule has 1 saturated heterocycles. The summed E-state index contributed by atoms with van der Waals surface area (Å²) < 4.78 is 21.1. The molecule has 6 nitrogen and oxygen atoms in total. The molecule has 1 heterocycles. The molecular weight excluding hydrogens is 264 g/mol. The summed E-state index contributed by atoms with van der Waals surface area (Å²) in [5.74, 6) is -0.935. The Bertz CT molecular complexity index is 448. The summed E-state index contributed by atoms with van der Waals surface area (Å²) in [5.41, 5.74) is 0.751. The van der Waals surface area contributed by atoms with Gasteiger partial charge >= 0.3 is 11.9 Å². The van der Waals surface area contributed by atoms with E-state index in [9.17, 15) is 9.59 Å². The van der Waals surface area contributed by atoms with Crippen molar-refractivity contribution in [2.45, 2.75) is 39.1 Å². The van der Waals surface area contributed by atoms with E-state index in [1.807, 2.05) is 30.3 Å². The smallest absolute Gasteiger partial charge is 0.304 e. The second-order valence-electron chi connectivity index (χ2n) is 4.33. The van der Waals surface area contributed by atoms with Crippen LogP contribution < -0.4 is 0 Å². The zero-order valence-corrected chi connectivity index (χ0v) is 11.3. The van der Waals surface area contributed by atoms with Gasteiger partial charge in [-0.3, -0.25) is 9.59 Å². The first-order valence-corrected chi connectivity index (χ1v) is 6.25. The van der Waals surface area contributed by atoms with Crippen LogP contribution in [0.25, 0.3) is 0 Å². The first-order chi connectivity index (χ1) is 9.54. The highest BCUT2D eigenvalue weighted by molar-refractivity contribution is 5.66. The lowest BCUT2D eigenvalue weighted by atomic mass is 10.2. The van der Waals surface area contributed by atoms with E-state index in [4.69, 9.17) is 18.9 Å². The molecule has 1 aliphatic rings. The van der Waals surface area contributed by atoms with E-state index in [0.29, 0.717) is 0 Å². The van der Waals surface area contributed by atoms with Gasteiger partial charge in [0.15, 0.2) is 6.29 Å². The number of esters is 2. The Morgan fingerprint density at radius 2 is 1.50 bits per heavy atom. The highest BCUT2D eigenvalue weighted by Crippen LogP contribution is 2.30. The molecule has 1 unspecified atom stereocenters. The summed E-state index contributed by atoms with van der Waals surface area (Å²) >= 11 is 0. The number of ether oxygens (including phenoxy) is 4. The molecule has 1 aromatic rings. The van der Waals surface area contributed by atoms with Crippen molar-refractivity contribution in [2.24, 2.45) is 0 Å². The lowest BCUT2D eigenvalue weighted by molar-refractivity contribution is -0.340. The number of hydrogen-bond donors (Lipinski definition) is 0. The average Bonchev–Trinajstić information content (AvgIpc) is 2.38. The van der Waals surface area contributed by atoms with Crippen LogP contribution >= 0.6 is 0 Å². The van der Waals surface area contributed by atoms with Crippen molar-refractivity contribution in [3.8, 4) is 0 Å². The van der Waals surface area contributed by atoms with Gasteiger partial charge in [-0.1, -0.05) is 30.3 Å². The Balaban J connectivity index is 2.11. The minimum absolute atomic E-state index is 0.141. The van der Waals surface area contributed by atoms with Crippen LogP contribution in [0.5, 0.6) is 0 Å². The van der Waals surface area contributed by atoms with Gasteiger partial charge in [0.1, 0.15) is 0 Å².